The van der Waals surface area contributed by atoms with Crippen molar-refractivity contribution in [3.05, 3.63) is 60.2 Å². The summed E-state index contributed by atoms with van der Waals surface area (Å²) >= 11 is 0. The van der Waals surface area contributed by atoms with Crippen molar-refractivity contribution in [3.63, 3.8) is 0 Å². The summed E-state index contributed by atoms with van der Waals surface area (Å²) in [4.78, 5) is 0. The molecule has 0 fully saturated rings. The first-order chi connectivity index (χ1) is 9.47. The van der Waals surface area contributed by atoms with E-state index in [1.54, 1.807) is 4.57 Å². The average molecular weight is 287 g/mol. The molecule has 3 rings (SSSR count). The zero-order valence-corrected chi connectivity index (χ0v) is 11.6. The van der Waals surface area contributed by atoms with Crippen LogP contribution in [0.25, 0.3) is 16.6 Å². The van der Waals surface area contributed by atoms with E-state index in [0.29, 0.717) is 5.69 Å². The first-order valence-corrected chi connectivity index (χ1v) is 7.56. The Hall–Kier alpha value is -2.11. The number of hydrogen-bond donors (Lipinski definition) is 1. The molecule has 3 aromatic rings. The fourth-order valence-electron chi connectivity index (χ4n) is 2.28. The lowest BCUT2D eigenvalue weighted by molar-refractivity contribution is 0.477. The molecule has 0 bridgehead atoms. The molecule has 2 aromatic carbocycles. The van der Waals surface area contributed by atoms with E-state index in [-0.39, 0.29) is 5.03 Å². The molecule has 1 N–H and O–H groups in total. The summed E-state index contributed by atoms with van der Waals surface area (Å²) in [6.45, 7) is 1.96. The van der Waals surface area contributed by atoms with Crippen LogP contribution in [-0.4, -0.2) is 17.5 Å². The van der Waals surface area contributed by atoms with Crippen LogP contribution in [0.4, 0.5) is 0 Å². The zero-order valence-electron chi connectivity index (χ0n) is 10.8. The van der Waals surface area contributed by atoms with Crippen molar-refractivity contribution in [3.8, 4) is 5.69 Å². The highest BCUT2D eigenvalue weighted by molar-refractivity contribution is 7.85. The highest BCUT2D eigenvalue weighted by Crippen LogP contribution is 2.27. The van der Waals surface area contributed by atoms with Crippen molar-refractivity contribution < 1.29 is 13.0 Å². The molecule has 0 saturated heterocycles. The van der Waals surface area contributed by atoms with Gasteiger partial charge in [-0.2, -0.15) is 8.42 Å². The molecule has 0 unspecified atom stereocenters. The van der Waals surface area contributed by atoms with Gasteiger partial charge in [-0.1, -0.05) is 35.9 Å². The molecule has 20 heavy (non-hydrogen) atoms. The van der Waals surface area contributed by atoms with Gasteiger partial charge in [-0.3, -0.25) is 9.12 Å². The Bertz CT molecular complexity index is 877. The number of nitrogens with zero attached hydrogens (tertiary/aromatic N) is 1. The number of benzene rings is 2. The van der Waals surface area contributed by atoms with Crippen LogP contribution >= 0.6 is 0 Å². The van der Waals surface area contributed by atoms with Crippen LogP contribution in [0.3, 0.4) is 0 Å². The van der Waals surface area contributed by atoms with Gasteiger partial charge in [0.15, 0.2) is 5.03 Å². The first-order valence-electron chi connectivity index (χ1n) is 6.12. The third-order valence-electron chi connectivity index (χ3n) is 3.23. The Morgan fingerprint density at radius 1 is 1.00 bits per heavy atom. The molecule has 0 atom stereocenters. The van der Waals surface area contributed by atoms with Gasteiger partial charge in [0.2, 0.25) is 0 Å². The van der Waals surface area contributed by atoms with Crippen LogP contribution in [0.15, 0.2) is 59.6 Å². The van der Waals surface area contributed by atoms with Crippen molar-refractivity contribution in [2.75, 3.05) is 0 Å². The molecule has 0 amide bonds. The molecule has 0 aliphatic rings. The maximum Gasteiger partial charge on any atom is 0.310 e. The smallest absolute Gasteiger partial charge is 0.298 e. The van der Waals surface area contributed by atoms with E-state index in [2.05, 4.69) is 0 Å². The Labute approximate surface area is 117 Å². The fourth-order valence-corrected chi connectivity index (χ4v) is 2.99. The average Bonchev–Trinajstić information content (AvgIpc) is 2.79. The summed E-state index contributed by atoms with van der Waals surface area (Å²) in [6.07, 6.45) is 0. The molecular formula is C15H13NO3S. The van der Waals surface area contributed by atoms with E-state index in [9.17, 15) is 13.0 Å². The number of hydrogen-bond acceptors (Lipinski definition) is 2. The Morgan fingerprint density at radius 2 is 1.65 bits per heavy atom. The maximum atomic E-state index is 11.6. The molecule has 0 aliphatic carbocycles. The second-order valence-electron chi connectivity index (χ2n) is 4.69. The zero-order chi connectivity index (χ0) is 14.3. The first kappa shape index (κ1) is 12.9. The molecule has 5 heteroatoms. The Balaban J connectivity index is 2.40. The van der Waals surface area contributed by atoms with Crippen LogP contribution in [-0.2, 0) is 10.1 Å². The summed E-state index contributed by atoms with van der Waals surface area (Å²) in [5.41, 5.74) is 2.52. The molecule has 4 nitrogen and oxygen atoms in total. The Morgan fingerprint density at radius 3 is 2.30 bits per heavy atom. The van der Waals surface area contributed by atoms with Gasteiger partial charge in [-0.15, -0.1) is 0 Å². The van der Waals surface area contributed by atoms with E-state index < -0.39 is 10.1 Å². The van der Waals surface area contributed by atoms with Crippen LogP contribution in [0.5, 0.6) is 0 Å². The largest absolute Gasteiger partial charge is 0.310 e. The van der Waals surface area contributed by atoms with E-state index in [1.165, 1.54) is 6.07 Å². The molecule has 0 aliphatic heterocycles. The summed E-state index contributed by atoms with van der Waals surface area (Å²) in [5, 5.41) is 0.642. The van der Waals surface area contributed by atoms with E-state index >= 15 is 0 Å². The van der Waals surface area contributed by atoms with E-state index in [1.807, 2.05) is 55.5 Å². The predicted molar refractivity (Wildman–Crippen MR) is 77.8 cm³/mol. The van der Waals surface area contributed by atoms with Gasteiger partial charge >= 0.3 is 10.1 Å². The van der Waals surface area contributed by atoms with Crippen LogP contribution in [0, 0.1) is 6.92 Å². The summed E-state index contributed by atoms with van der Waals surface area (Å²) < 4.78 is 34.2. The lowest BCUT2D eigenvalue weighted by Crippen LogP contribution is -2.06. The van der Waals surface area contributed by atoms with Crippen LogP contribution in [0.1, 0.15) is 5.56 Å². The van der Waals surface area contributed by atoms with Gasteiger partial charge in [0.25, 0.3) is 0 Å². The van der Waals surface area contributed by atoms with Gasteiger partial charge in [0, 0.05) is 11.1 Å². The SMILES string of the molecule is Cc1ccc(-n2c(S(=O)(=O)O)cc3ccccc32)cc1. The third-order valence-corrected chi connectivity index (χ3v) is 4.06. The van der Waals surface area contributed by atoms with Crippen molar-refractivity contribution in [2.45, 2.75) is 11.9 Å². The molecule has 102 valence electrons. The summed E-state index contributed by atoms with van der Waals surface area (Å²) in [7, 11) is -4.29. The highest BCUT2D eigenvalue weighted by atomic mass is 32.2. The van der Waals surface area contributed by atoms with Crippen molar-refractivity contribution in [2.24, 2.45) is 0 Å². The number of aryl methyl sites for hydroxylation is 1. The highest BCUT2D eigenvalue weighted by Gasteiger charge is 2.19. The lowest BCUT2D eigenvalue weighted by atomic mass is 10.2. The van der Waals surface area contributed by atoms with Gasteiger partial charge in [0.05, 0.1) is 5.52 Å². The molecule has 0 radical (unpaired) electrons. The fraction of sp³-hybridized carbons (Fsp3) is 0.0667. The molecule has 0 saturated carbocycles. The van der Waals surface area contributed by atoms with Crippen LogP contribution in [0.2, 0.25) is 0 Å². The van der Waals surface area contributed by atoms with Crippen molar-refractivity contribution in [1.29, 1.82) is 0 Å². The van der Waals surface area contributed by atoms with Gasteiger partial charge in [-0.25, -0.2) is 0 Å². The number of aromatic nitrogens is 1. The molecule has 0 spiro atoms. The minimum atomic E-state index is -4.29. The number of fused-ring (bicyclic) bond motifs is 1. The monoisotopic (exact) mass is 287 g/mol. The van der Waals surface area contributed by atoms with Crippen LogP contribution < -0.4 is 0 Å². The second kappa shape index (κ2) is 4.47. The second-order valence-corrected chi connectivity index (χ2v) is 6.06. The topological polar surface area (TPSA) is 59.3 Å². The molecule has 1 aromatic heterocycles. The van der Waals surface area contributed by atoms with Gasteiger partial charge in [-0.05, 0) is 31.2 Å². The molecule has 1 heterocycles. The van der Waals surface area contributed by atoms with Gasteiger partial charge < -0.3 is 0 Å². The van der Waals surface area contributed by atoms with E-state index in [4.69, 9.17) is 0 Å². The summed E-state index contributed by atoms with van der Waals surface area (Å²) in [5.74, 6) is 0. The number of rotatable bonds is 2. The predicted octanol–water partition coefficient (Wildman–Crippen LogP) is 3.19. The third kappa shape index (κ3) is 2.11. The maximum absolute atomic E-state index is 11.6. The van der Waals surface area contributed by atoms with Gasteiger partial charge in [0.1, 0.15) is 0 Å². The number of para-hydroxylation sites is 1. The van der Waals surface area contributed by atoms with Crippen molar-refractivity contribution in [1.82, 2.24) is 4.57 Å². The van der Waals surface area contributed by atoms with E-state index in [0.717, 1.165) is 16.5 Å². The molecular weight excluding hydrogens is 274 g/mol. The lowest BCUT2D eigenvalue weighted by Gasteiger charge is -2.09. The van der Waals surface area contributed by atoms with Crippen molar-refractivity contribution >= 4 is 21.0 Å². The minimum Gasteiger partial charge on any atom is -0.298 e. The minimum absolute atomic E-state index is 0.123. The summed E-state index contributed by atoms with van der Waals surface area (Å²) in [6, 6.07) is 16.2. The standard InChI is InChI=1S/C15H13NO3S/c1-11-6-8-13(9-7-11)16-14-5-3-2-4-12(14)10-15(16)20(17,18)19/h2-10H,1H3,(H,17,18,19). The normalized spacial score (nSPS) is 11.9. The Kier molecular flexibility index (Phi) is 2.88. The quantitative estimate of drug-likeness (QED) is 0.736.